The molecule has 0 aliphatic carbocycles. The Labute approximate surface area is 148 Å². The van der Waals surface area contributed by atoms with Gasteiger partial charge in [-0.25, -0.2) is 4.98 Å². The zero-order chi connectivity index (χ0) is 18.0. The third-order valence-electron chi connectivity index (χ3n) is 4.50. The molecule has 25 heavy (non-hydrogen) atoms. The molecule has 0 saturated carbocycles. The summed E-state index contributed by atoms with van der Waals surface area (Å²) in [5, 5.41) is 7.27. The molecule has 3 heterocycles. The summed E-state index contributed by atoms with van der Waals surface area (Å²) in [6.07, 6.45) is 4.21. The van der Waals surface area contributed by atoms with Gasteiger partial charge in [-0.1, -0.05) is 20.8 Å². The topological polar surface area (TPSA) is 76.0 Å². The molecule has 2 atom stereocenters. The minimum absolute atomic E-state index is 0.120. The van der Waals surface area contributed by atoms with Crippen molar-refractivity contribution in [3.8, 4) is 0 Å². The molecule has 1 saturated heterocycles. The zero-order valence-electron chi connectivity index (χ0n) is 15.4. The number of H-pyrrole nitrogens is 1. The summed E-state index contributed by atoms with van der Waals surface area (Å²) in [4.78, 5) is 19.1. The maximum Gasteiger partial charge on any atom is 0.224 e. The van der Waals surface area contributed by atoms with E-state index in [4.69, 9.17) is 4.74 Å². The van der Waals surface area contributed by atoms with Crippen molar-refractivity contribution < 1.29 is 9.53 Å². The minimum atomic E-state index is -0.247. The van der Waals surface area contributed by atoms with Gasteiger partial charge in [0.05, 0.1) is 13.2 Å². The molecule has 7 heteroatoms. The summed E-state index contributed by atoms with van der Waals surface area (Å²) in [7, 11) is 0. The number of hydrogen-bond donors (Lipinski definition) is 1. The van der Waals surface area contributed by atoms with Gasteiger partial charge in [0.2, 0.25) is 5.91 Å². The number of morpholine rings is 1. The van der Waals surface area contributed by atoms with Crippen LogP contribution in [0.25, 0.3) is 0 Å². The van der Waals surface area contributed by atoms with E-state index in [0.717, 1.165) is 5.82 Å². The second-order valence-corrected chi connectivity index (χ2v) is 7.68. The average Bonchev–Trinajstić information content (AvgIpc) is 3.26. The van der Waals surface area contributed by atoms with Crippen molar-refractivity contribution >= 4 is 5.91 Å². The molecule has 0 spiro atoms. The van der Waals surface area contributed by atoms with Crippen molar-refractivity contribution in [1.29, 1.82) is 0 Å². The lowest BCUT2D eigenvalue weighted by Gasteiger charge is -2.32. The normalized spacial score (nSPS) is 19.8. The number of aromatic nitrogens is 4. The van der Waals surface area contributed by atoms with Gasteiger partial charge in [-0.15, -0.1) is 0 Å². The van der Waals surface area contributed by atoms with Gasteiger partial charge in [-0.3, -0.25) is 9.89 Å². The molecule has 2 aromatic rings. The summed E-state index contributed by atoms with van der Waals surface area (Å²) >= 11 is 0. The third-order valence-corrected chi connectivity index (χ3v) is 4.50. The van der Waals surface area contributed by atoms with Crippen LogP contribution in [-0.4, -0.2) is 50.3 Å². The van der Waals surface area contributed by atoms with Crippen molar-refractivity contribution in [3.63, 3.8) is 0 Å². The van der Waals surface area contributed by atoms with Gasteiger partial charge < -0.3 is 14.2 Å². The Bertz CT molecular complexity index is 701. The van der Waals surface area contributed by atoms with E-state index >= 15 is 0 Å². The Balaban J connectivity index is 1.62. The number of carbonyl (C=O) groups is 1. The molecular formula is C18H27N5O2. The van der Waals surface area contributed by atoms with Gasteiger partial charge >= 0.3 is 0 Å². The third kappa shape index (κ3) is 4.10. The molecule has 1 aliphatic rings. The number of ether oxygens (including phenoxy) is 1. The van der Waals surface area contributed by atoms with E-state index in [-0.39, 0.29) is 23.5 Å². The first kappa shape index (κ1) is 17.7. The zero-order valence-corrected chi connectivity index (χ0v) is 15.4. The molecule has 136 valence electrons. The fraction of sp³-hybridized carbons (Fsp3) is 0.611. The number of rotatable bonds is 4. The molecule has 3 rings (SSSR count). The Hall–Kier alpha value is -2.15. The molecule has 0 unspecified atom stereocenters. The van der Waals surface area contributed by atoms with Crippen molar-refractivity contribution in [2.75, 3.05) is 19.7 Å². The highest BCUT2D eigenvalue weighted by atomic mass is 16.5. The monoisotopic (exact) mass is 345 g/mol. The quantitative estimate of drug-likeness (QED) is 0.923. The molecule has 0 bridgehead atoms. The predicted molar refractivity (Wildman–Crippen MR) is 94.1 cm³/mol. The van der Waals surface area contributed by atoms with Crippen LogP contribution in [0.5, 0.6) is 0 Å². The highest BCUT2D eigenvalue weighted by molar-refractivity contribution is 5.76. The molecule has 0 radical (unpaired) electrons. The van der Waals surface area contributed by atoms with Crippen LogP contribution in [0.2, 0.25) is 0 Å². The van der Waals surface area contributed by atoms with E-state index < -0.39 is 0 Å². The van der Waals surface area contributed by atoms with Gasteiger partial charge in [-0.05, 0) is 19.1 Å². The van der Waals surface area contributed by atoms with Crippen molar-refractivity contribution in [2.24, 2.45) is 0 Å². The van der Waals surface area contributed by atoms with Crippen LogP contribution >= 0.6 is 0 Å². The largest absolute Gasteiger partial charge is 0.367 e. The SMILES string of the molecule is C[C@@H](CC(=O)N1CCO[C@@H](c2nc(C(C)(C)C)n[nH]2)C1)n1cccc1. The highest BCUT2D eigenvalue weighted by Crippen LogP contribution is 2.24. The predicted octanol–water partition coefficient (Wildman–Crippen LogP) is 2.45. The van der Waals surface area contributed by atoms with Gasteiger partial charge in [0.15, 0.2) is 11.6 Å². The van der Waals surface area contributed by atoms with Crippen LogP contribution in [0.3, 0.4) is 0 Å². The lowest BCUT2D eigenvalue weighted by atomic mass is 9.96. The maximum atomic E-state index is 12.7. The average molecular weight is 345 g/mol. The van der Waals surface area contributed by atoms with E-state index in [1.54, 1.807) is 0 Å². The molecule has 1 aliphatic heterocycles. The fourth-order valence-electron chi connectivity index (χ4n) is 2.92. The summed E-state index contributed by atoms with van der Waals surface area (Å²) in [5.74, 6) is 1.60. The van der Waals surface area contributed by atoms with Crippen molar-refractivity contribution in [1.82, 2.24) is 24.6 Å². The number of nitrogens with zero attached hydrogens (tertiary/aromatic N) is 4. The minimum Gasteiger partial charge on any atom is -0.367 e. The van der Waals surface area contributed by atoms with Gasteiger partial charge in [-0.2, -0.15) is 5.10 Å². The van der Waals surface area contributed by atoms with Crippen molar-refractivity contribution in [2.45, 2.75) is 51.7 Å². The fourth-order valence-corrected chi connectivity index (χ4v) is 2.92. The van der Waals surface area contributed by atoms with Crippen LogP contribution in [-0.2, 0) is 14.9 Å². The summed E-state index contributed by atoms with van der Waals surface area (Å²) in [6, 6.07) is 4.09. The van der Waals surface area contributed by atoms with Gasteiger partial charge in [0, 0.05) is 36.8 Å². The van der Waals surface area contributed by atoms with Gasteiger partial charge in [0.25, 0.3) is 0 Å². The first-order chi connectivity index (χ1) is 11.8. The second-order valence-electron chi connectivity index (χ2n) is 7.68. The standard InChI is InChI=1S/C18H27N5O2/c1-13(22-7-5-6-8-22)11-15(24)23-9-10-25-14(12-23)16-19-17(21-20-16)18(2,3)4/h5-8,13-14H,9-12H2,1-4H3,(H,19,20,21)/t13-,14+/m0/s1. The highest BCUT2D eigenvalue weighted by Gasteiger charge is 2.29. The van der Waals surface area contributed by atoms with Crippen LogP contribution in [0.4, 0.5) is 0 Å². The number of carbonyl (C=O) groups excluding carboxylic acids is 1. The maximum absolute atomic E-state index is 12.7. The molecule has 0 aromatic carbocycles. The molecule has 2 aromatic heterocycles. The van der Waals surface area contributed by atoms with E-state index in [2.05, 4.69) is 47.4 Å². The van der Waals surface area contributed by atoms with E-state index in [0.29, 0.717) is 31.9 Å². The van der Waals surface area contributed by atoms with Crippen LogP contribution in [0.1, 0.15) is 57.9 Å². The molecule has 7 nitrogen and oxygen atoms in total. The Morgan fingerprint density at radius 1 is 1.40 bits per heavy atom. The smallest absolute Gasteiger partial charge is 0.224 e. The summed E-state index contributed by atoms with van der Waals surface area (Å²) in [6.45, 7) is 9.91. The first-order valence-corrected chi connectivity index (χ1v) is 8.79. The molecule has 1 N–H and O–H groups in total. The Kier molecular flexibility index (Phi) is 4.94. The van der Waals surface area contributed by atoms with Crippen LogP contribution < -0.4 is 0 Å². The van der Waals surface area contributed by atoms with E-state index in [1.807, 2.05) is 29.4 Å². The molecule has 1 amide bonds. The van der Waals surface area contributed by atoms with Crippen molar-refractivity contribution in [3.05, 3.63) is 36.2 Å². The Morgan fingerprint density at radius 3 is 2.76 bits per heavy atom. The van der Waals surface area contributed by atoms with Crippen LogP contribution in [0, 0.1) is 0 Å². The lowest BCUT2D eigenvalue weighted by molar-refractivity contribution is -0.140. The first-order valence-electron chi connectivity index (χ1n) is 8.79. The van der Waals surface area contributed by atoms with E-state index in [9.17, 15) is 4.79 Å². The summed E-state index contributed by atoms with van der Waals surface area (Å²) in [5.41, 5.74) is -0.120. The molecule has 1 fully saturated rings. The Morgan fingerprint density at radius 2 is 2.12 bits per heavy atom. The lowest BCUT2D eigenvalue weighted by Crippen LogP contribution is -2.43. The molecular weight excluding hydrogens is 318 g/mol. The second kappa shape index (κ2) is 7.00. The van der Waals surface area contributed by atoms with Crippen LogP contribution in [0.15, 0.2) is 24.5 Å². The summed E-state index contributed by atoms with van der Waals surface area (Å²) < 4.78 is 7.87. The number of aromatic amines is 1. The number of hydrogen-bond acceptors (Lipinski definition) is 4. The number of amides is 1. The van der Waals surface area contributed by atoms with E-state index in [1.165, 1.54) is 0 Å². The van der Waals surface area contributed by atoms with Gasteiger partial charge in [0.1, 0.15) is 6.10 Å². The number of nitrogens with one attached hydrogen (secondary N) is 1.